The molecule has 3 aromatic heterocycles. The Bertz CT molecular complexity index is 1100. The number of hydrogen-bond donors (Lipinski definition) is 1. The second-order valence-electron chi connectivity index (χ2n) is 6.70. The standard InChI is InChI=1S/C18H14F3N5O2/c1-9-6-12(14-5-4-11(7-22)28-14)25-26-13(8-23-16(9)26)17(27)24-15(10-2-3-10)18(19,20)21/h4-6,8,10,15H,2-3H2,1H3,(H,24,27)/t15-/m1/s1. The van der Waals surface area contributed by atoms with Gasteiger partial charge >= 0.3 is 6.18 Å². The Morgan fingerprint density at radius 3 is 2.79 bits per heavy atom. The number of aromatic nitrogens is 3. The molecule has 7 nitrogen and oxygen atoms in total. The van der Waals surface area contributed by atoms with Gasteiger partial charge in [-0.25, -0.2) is 9.50 Å². The van der Waals surface area contributed by atoms with Gasteiger partial charge in [-0.3, -0.25) is 4.79 Å². The summed E-state index contributed by atoms with van der Waals surface area (Å²) >= 11 is 0. The number of halogens is 3. The Morgan fingerprint density at radius 2 is 2.18 bits per heavy atom. The van der Waals surface area contributed by atoms with Crippen LogP contribution in [0.5, 0.6) is 0 Å². The molecule has 1 N–H and O–H groups in total. The molecule has 1 aliphatic rings. The van der Waals surface area contributed by atoms with E-state index in [1.54, 1.807) is 19.1 Å². The zero-order chi connectivity index (χ0) is 20.1. The lowest BCUT2D eigenvalue weighted by atomic mass is 10.1. The van der Waals surface area contributed by atoms with Crippen molar-refractivity contribution in [3.63, 3.8) is 0 Å². The fourth-order valence-corrected chi connectivity index (χ4v) is 3.04. The molecule has 28 heavy (non-hydrogen) atoms. The molecular formula is C18H14F3N5O2. The third-order valence-electron chi connectivity index (χ3n) is 4.59. The summed E-state index contributed by atoms with van der Waals surface area (Å²) < 4.78 is 46.2. The van der Waals surface area contributed by atoms with Gasteiger partial charge in [0.25, 0.3) is 5.91 Å². The summed E-state index contributed by atoms with van der Waals surface area (Å²) in [5.74, 6) is -1.10. The van der Waals surface area contributed by atoms with Crippen molar-refractivity contribution in [1.82, 2.24) is 19.9 Å². The van der Waals surface area contributed by atoms with Crippen molar-refractivity contribution >= 4 is 11.6 Å². The molecule has 1 fully saturated rings. The highest BCUT2D eigenvalue weighted by molar-refractivity contribution is 5.93. The maximum atomic E-state index is 13.2. The van der Waals surface area contributed by atoms with Crippen LogP contribution in [0.4, 0.5) is 13.2 Å². The fourth-order valence-electron chi connectivity index (χ4n) is 3.04. The van der Waals surface area contributed by atoms with Crippen molar-refractivity contribution < 1.29 is 22.4 Å². The first-order valence-electron chi connectivity index (χ1n) is 8.51. The third kappa shape index (κ3) is 3.19. The average Bonchev–Trinajstić information content (AvgIpc) is 3.18. The third-order valence-corrected chi connectivity index (χ3v) is 4.59. The summed E-state index contributed by atoms with van der Waals surface area (Å²) in [7, 11) is 0. The van der Waals surface area contributed by atoms with Crippen molar-refractivity contribution in [2.24, 2.45) is 5.92 Å². The Hall–Kier alpha value is -3.35. The summed E-state index contributed by atoms with van der Waals surface area (Å²) in [6.45, 7) is 1.73. The van der Waals surface area contributed by atoms with E-state index in [1.165, 1.54) is 16.8 Å². The number of carbonyl (C=O) groups excluding carboxylic acids is 1. The Labute approximate surface area is 156 Å². The predicted molar refractivity (Wildman–Crippen MR) is 90.2 cm³/mol. The van der Waals surface area contributed by atoms with Crippen LogP contribution >= 0.6 is 0 Å². The molecule has 3 heterocycles. The van der Waals surface area contributed by atoms with Crippen molar-refractivity contribution in [2.45, 2.75) is 32.0 Å². The number of carbonyl (C=O) groups is 1. The number of furan rings is 1. The minimum Gasteiger partial charge on any atom is -0.444 e. The summed E-state index contributed by atoms with van der Waals surface area (Å²) in [5.41, 5.74) is 1.21. The van der Waals surface area contributed by atoms with Gasteiger partial charge in [0.2, 0.25) is 5.76 Å². The van der Waals surface area contributed by atoms with Gasteiger partial charge in [0.15, 0.2) is 17.1 Å². The van der Waals surface area contributed by atoms with Gasteiger partial charge < -0.3 is 9.73 Å². The number of nitrogens with zero attached hydrogens (tertiary/aromatic N) is 4. The fraction of sp³-hybridized carbons (Fsp3) is 0.333. The smallest absolute Gasteiger partial charge is 0.408 e. The number of fused-ring (bicyclic) bond motifs is 1. The molecule has 1 atom stereocenters. The number of amides is 1. The molecule has 1 aliphatic carbocycles. The Balaban J connectivity index is 1.71. The molecule has 0 radical (unpaired) electrons. The van der Waals surface area contributed by atoms with E-state index in [9.17, 15) is 18.0 Å². The summed E-state index contributed by atoms with van der Waals surface area (Å²) in [4.78, 5) is 16.6. The molecule has 0 aromatic carbocycles. The second kappa shape index (κ2) is 6.37. The van der Waals surface area contributed by atoms with Gasteiger partial charge in [-0.1, -0.05) is 0 Å². The summed E-state index contributed by atoms with van der Waals surface area (Å²) in [5, 5.41) is 15.2. The topological polar surface area (TPSA) is 96.2 Å². The lowest BCUT2D eigenvalue weighted by Gasteiger charge is -2.21. The SMILES string of the molecule is Cc1cc(-c2ccc(C#N)o2)nn2c(C(=O)N[C@H](C3CC3)C(F)(F)F)cnc12. The monoisotopic (exact) mass is 389 g/mol. The number of nitrogens with one attached hydrogen (secondary N) is 1. The Morgan fingerprint density at radius 1 is 1.43 bits per heavy atom. The van der Waals surface area contributed by atoms with E-state index in [2.05, 4.69) is 15.4 Å². The second-order valence-corrected chi connectivity index (χ2v) is 6.70. The molecule has 144 valence electrons. The minimum absolute atomic E-state index is 0.0931. The highest BCUT2D eigenvalue weighted by Gasteiger charge is 2.49. The van der Waals surface area contributed by atoms with Crippen molar-refractivity contribution in [3.8, 4) is 17.5 Å². The maximum Gasteiger partial charge on any atom is 0.408 e. The van der Waals surface area contributed by atoms with E-state index in [1.807, 2.05) is 6.07 Å². The van der Waals surface area contributed by atoms with E-state index in [4.69, 9.17) is 9.68 Å². The number of rotatable bonds is 4. The van der Waals surface area contributed by atoms with Crippen LogP contribution in [-0.4, -0.2) is 32.7 Å². The van der Waals surface area contributed by atoms with Crippen LogP contribution in [0.25, 0.3) is 17.1 Å². The maximum absolute atomic E-state index is 13.2. The number of aryl methyl sites for hydroxylation is 1. The van der Waals surface area contributed by atoms with Gasteiger partial charge in [0, 0.05) is 0 Å². The van der Waals surface area contributed by atoms with Crippen molar-refractivity contribution in [1.29, 1.82) is 5.26 Å². The van der Waals surface area contributed by atoms with Gasteiger partial charge in [0.1, 0.15) is 17.8 Å². The van der Waals surface area contributed by atoms with Crippen LogP contribution in [0.2, 0.25) is 0 Å². The molecule has 3 aromatic rings. The number of imidazole rings is 1. The van der Waals surface area contributed by atoms with Crippen molar-refractivity contribution in [3.05, 3.63) is 41.4 Å². The van der Waals surface area contributed by atoms with Crippen LogP contribution < -0.4 is 5.32 Å². The van der Waals surface area contributed by atoms with E-state index in [0.717, 1.165) is 0 Å². The van der Waals surface area contributed by atoms with Gasteiger partial charge in [-0.2, -0.15) is 23.5 Å². The normalized spacial score (nSPS) is 15.4. The molecule has 1 saturated carbocycles. The summed E-state index contributed by atoms with van der Waals surface area (Å²) in [6, 6.07) is 4.66. The molecule has 0 aliphatic heterocycles. The molecule has 0 unspecified atom stereocenters. The van der Waals surface area contributed by atoms with E-state index >= 15 is 0 Å². The van der Waals surface area contributed by atoms with Gasteiger partial charge in [0.05, 0.1) is 6.20 Å². The molecule has 0 bridgehead atoms. The minimum atomic E-state index is -4.52. The molecule has 10 heteroatoms. The lowest BCUT2D eigenvalue weighted by molar-refractivity contribution is -0.158. The predicted octanol–water partition coefficient (Wildman–Crippen LogP) is 3.24. The highest BCUT2D eigenvalue weighted by atomic mass is 19.4. The largest absolute Gasteiger partial charge is 0.444 e. The van der Waals surface area contributed by atoms with E-state index in [-0.39, 0.29) is 11.5 Å². The number of hydrogen-bond acceptors (Lipinski definition) is 5. The Kier molecular flexibility index (Phi) is 4.10. The van der Waals surface area contributed by atoms with Crippen molar-refractivity contribution in [2.75, 3.05) is 0 Å². The lowest BCUT2D eigenvalue weighted by Crippen LogP contribution is -2.47. The van der Waals surface area contributed by atoms with Crippen LogP contribution in [0.3, 0.4) is 0 Å². The highest BCUT2D eigenvalue weighted by Crippen LogP contribution is 2.40. The summed E-state index contributed by atoms with van der Waals surface area (Å²) in [6.07, 6.45) is -2.47. The van der Waals surface area contributed by atoms with Crippen LogP contribution in [0.15, 0.2) is 28.8 Å². The van der Waals surface area contributed by atoms with Crippen LogP contribution in [-0.2, 0) is 0 Å². The molecule has 0 spiro atoms. The zero-order valence-electron chi connectivity index (χ0n) is 14.6. The average molecular weight is 389 g/mol. The van der Waals surface area contributed by atoms with E-state index < -0.39 is 24.0 Å². The van der Waals surface area contributed by atoms with Gasteiger partial charge in [-0.15, -0.1) is 0 Å². The molecule has 4 rings (SSSR count). The number of nitriles is 1. The quantitative estimate of drug-likeness (QED) is 0.739. The zero-order valence-corrected chi connectivity index (χ0v) is 14.6. The van der Waals surface area contributed by atoms with E-state index in [0.29, 0.717) is 35.5 Å². The first kappa shape index (κ1) is 18.0. The van der Waals surface area contributed by atoms with Crippen LogP contribution in [0.1, 0.15) is 34.7 Å². The molecule has 1 amide bonds. The first-order chi connectivity index (χ1) is 13.3. The van der Waals surface area contributed by atoms with Gasteiger partial charge in [-0.05, 0) is 49.4 Å². The molecule has 0 saturated heterocycles. The number of alkyl halides is 3. The van der Waals surface area contributed by atoms with Crippen LogP contribution in [0, 0.1) is 24.2 Å². The molecular weight excluding hydrogens is 375 g/mol. The first-order valence-corrected chi connectivity index (χ1v) is 8.51.